The van der Waals surface area contributed by atoms with E-state index in [-0.39, 0.29) is 6.04 Å². The van der Waals surface area contributed by atoms with Gasteiger partial charge in [0.05, 0.1) is 11.7 Å². The molecule has 0 amide bonds. The number of nitrogens with one attached hydrogen (secondary N) is 1. The van der Waals surface area contributed by atoms with Crippen LogP contribution >= 0.6 is 0 Å². The van der Waals surface area contributed by atoms with E-state index >= 15 is 0 Å². The average molecular weight is 414 g/mol. The van der Waals surface area contributed by atoms with Gasteiger partial charge in [0, 0.05) is 49.8 Å². The number of hydrogen-bond acceptors (Lipinski definition) is 5. The highest BCUT2D eigenvalue weighted by molar-refractivity contribution is 5.81. The molecule has 0 spiro atoms. The fourth-order valence-electron chi connectivity index (χ4n) is 4.21. The number of nitrogens with zero attached hydrogens (tertiary/aromatic N) is 6. The Bertz CT molecular complexity index is 1150. The summed E-state index contributed by atoms with van der Waals surface area (Å²) in [4.78, 5) is 8.19. The lowest BCUT2D eigenvalue weighted by Gasteiger charge is -2.37. The normalized spacial score (nSPS) is 16.9. The minimum Gasteiger partial charge on any atom is -0.361 e. The summed E-state index contributed by atoms with van der Waals surface area (Å²) < 4.78 is 1.87. The van der Waals surface area contributed by atoms with E-state index in [9.17, 15) is 0 Å². The maximum absolute atomic E-state index is 4.37. The first-order valence-corrected chi connectivity index (χ1v) is 10.8. The molecule has 0 aliphatic carbocycles. The number of aromatic amines is 1. The summed E-state index contributed by atoms with van der Waals surface area (Å²) in [6.07, 6.45) is 6.41. The molecule has 1 aliphatic rings. The monoisotopic (exact) mass is 413 g/mol. The first-order valence-electron chi connectivity index (χ1n) is 10.8. The van der Waals surface area contributed by atoms with Gasteiger partial charge < -0.3 is 4.98 Å². The van der Waals surface area contributed by atoms with Gasteiger partial charge in [0.15, 0.2) is 5.82 Å². The molecular formula is C24H27N7. The van der Waals surface area contributed by atoms with Crippen molar-refractivity contribution in [3.05, 3.63) is 78.3 Å². The molecule has 1 aliphatic heterocycles. The van der Waals surface area contributed by atoms with Crippen LogP contribution in [0.3, 0.4) is 0 Å². The Balaban J connectivity index is 1.22. The fourth-order valence-corrected chi connectivity index (χ4v) is 4.21. The Kier molecular flexibility index (Phi) is 5.60. The highest BCUT2D eigenvalue weighted by atomic mass is 15.6. The Labute approximate surface area is 182 Å². The lowest BCUT2D eigenvalue weighted by molar-refractivity contribution is 0.106. The van der Waals surface area contributed by atoms with Crippen LogP contribution in [0.4, 0.5) is 0 Å². The van der Waals surface area contributed by atoms with Gasteiger partial charge in [0.1, 0.15) is 0 Å². The van der Waals surface area contributed by atoms with Gasteiger partial charge in [-0.15, -0.1) is 5.10 Å². The zero-order chi connectivity index (χ0) is 21.0. The minimum absolute atomic E-state index is 0.152. The van der Waals surface area contributed by atoms with Crippen molar-refractivity contribution in [1.82, 2.24) is 35.0 Å². The van der Waals surface area contributed by atoms with Crippen LogP contribution in [0, 0.1) is 0 Å². The van der Waals surface area contributed by atoms with Crippen molar-refractivity contribution in [2.45, 2.75) is 13.0 Å². The summed E-state index contributed by atoms with van der Waals surface area (Å²) in [5, 5.41) is 13.8. The zero-order valence-corrected chi connectivity index (χ0v) is 17.7. The average Bonchev–Trinajstić information content (AvgIpc) is 3.49. The lowest BCUT2D eigenvalue weighted by Crippen LogP contribution is -2.47. The van der Waals surface area contributed by atoms with Crippen LogP contribution in [0.5, 0.6) is 0 Å². The fraction of sp³-hybridized carbons (Fsp3) is 0.292. The number of hydrogen-bond donors (Lipinski definition) is 1. The number of H-pyrrole nitrogens is 1. The van der Waals surface area contributed by atoms with Crippen LogP contribution in [0.2, 0.25) is 0 Å². The summed E-state index contributed by atoms with van der Waals surface area (Å²) in [7, 11) is 0. The molecule has 2 aromatic carbocycles. The van der Waals surface area contributed by atoms with Crippen molar-refractivity contribution in [2.24, 2.45) is 0 Å². The van der Waals surface area contributed by atoms with Crippen LogP contribution in [0.25, 0.3) is 22.7 Å². The number of piperazine rings is 1. The third kappa shape index (κ3) is 4.28. The first kappa shape index (κ1) is 19.7. The van der Waals surface area contributed by atoms with Crippen LogP contribution in [0.15, 0.2) is 66.9 Å². The molecular weight excluding hydrogens is 386 g/mol. The smallest absolute Gasteiger partial charge is 0.173 e. The molecule has 4 aromatic rings. The Morgan fingerprint density at radius 2 is 1.87 bits per heavy atom. The third-order valence-electron chi connectivity index (χ3n) is 6.08. The highest BCUT2D eigenvalue weighted by Crippen LogP contribution is 2.23. The molecule has 1 atom stereocenters. The molecule has 7 nitrogen and oxygen atoms in total. The Hall–Kier alpha value is -3.29. The second kappa shape index (κ2) is 8.83. The van der Waals surface area contributed by atoms with E-state index in [0.29, 0.717) is 0 Å². The Morgan fingerprint density at radius 3 is 2.71 bits per heavy atom. The molecule has 1 fully saturated rings. The van der Waals surface area contributed by atoms with Crippen LogP contribution in [0.1, 0.15) is 24.4 Å². The molecule has 1 saturated heterocycles. The van der Waals surface area contributed by atoms with Crippen molar-refractivity contribution < 1.29 is 0 Å². The number of aromatic nitrogens is 5. The van der Waals surface area contributed by atoms with Crippen molar-refractivity contribution in [1.29, 1.82) is 0 Å². The first-order chi connectivity index (χ1) is 15.3. The summed E-state index contributed by atoms with van der Waals surface area (Å²) in [5.41, 5.74) is 3.35. The van der Waals surface area contributed by atoms with Crippen LogP contribution in [-0.4, -0.2) is 67.7 Å². The van der Waals surface area contributed by atoms with Crippen molar-refractivity contribution in [3.63, 3.8) is 0 Å². The summed E-state index contributed by atoms with van der Waals surface area (Å²) in [6.45, 7) is 7.27. The largest absolute Gasteiger partial charge is 0.361 e. The summed E-state index contributed by atoms with van der Waals surface area (Å²) in [5.74, 6) is 0.882. The van der Waals surface area contributed by atoms with Gasteiger partial charge in [-0.25, -0.2) is 0 Å². The SMILES string of the molecule is C[C@@H](c1nnnn1-c1ccc2[nH]ccc2c1)N1CCN(C/C=C/c2ccccc2)CC1. The second-order valence-electron chi connectivity index (χ2n) is 8.02. The van der Waals surface area contributed by atoms with Gasteiger partial charge in [-0.1, -0.05) is 42.5 Å². The molecule has 2 aromatic heterocycles. The Morgan fingerprint density at radius 1 is 1.03 bits per heavy atom. The number of rotatable bonds is 6. The van der Waals surface area contributed by atoms with E-state index in [1.807, 2.05) is 16.9 Å². The molecule has 0 saturated carbocycles. The molecule has 31 heavy (non-hydrogen) atoms. The molecule has 0 unspecified atom stereocenters. The molecule has 7 heteroatoms. The molecule has 1 N–H and O–H groups in total. The molecule has 0 bridgehead atoms. The van der Waals surface area contributed by atoms with E-state index in [4.69, 9.17) is 0 Å². The summed E-state index contributed by atoms with van der Waals surface area (Å²) in [6, 6.07) is 18.9. The van der Waals surface area contributed by atoms with E-state index in [0.717, 1.165) is 55.1 Å². The van der Waals surface area contributed by atoms with Gasteiger partial charge >= 0.3 is 0 Å². The van der Waals surface area contributed by atoms with Crippen molar-refractivity contribution in [3.8, 4) is 5.69 Å². The highest BCUT2D eigenvalue weighted by Gasteiger charge is 2.26. The maximum atomic E-state index is 4.37. The molecule has 3 heterocycles. The van der Waals surface area contributed by atoms with Crippen LogP contribution < -0.4 is 0 Å². The van der Waals surface area contributed by atoms with Gasteiger partial charge in [-0.05, 0) is 47.2 Å². The second-order valence-corrected chi connectivity index (χ2v) is 8.02. The topological polar surface area (TPSA) is 65.9 Å². The van der Waals surface area contributed by atoms with E-state index < -0.39 is 0 Å². The quantitative estimate of drug-likeness (QED) is 0.524. The number of fused-ring (bicyclic) bond motifs is 1. The predicted molar refractivity (Wildman–Crippen MR) is 123 cm³/mol. The van der Waals surface area contributed by atoms with Gasteiger partial charge in [0.2, 0.25) is 0 Å². The minimum atomic E-state index is 0.152. The number of benzene rings is 2. The van der Waals surface area contributed by atoms with E-state index in [1.54, 1.807) is 0 Å². The maximum Gasteiger partial charge on any atom is 0.173 e. The standard InChI is InChI=1S/C24H27N7/c1-19(24-26-27-28-31(24)22-9-10-23-21(18-22)11-12-25-23)30-16-14-29(15-17-30)13-5-8-20-6-3-2-4-7-20/h2-12,18-19,25H,13-17H2,1H3/b8-5+/t19-/m0/s1. The van der Waals surface area contributed by atoms with Gasteiger partial charge in [0.25, 0.3) is 0 Å². The van der Waals surface area contributed by atoms with E-state index in [2.05, 4.69) is 97.9 Å². The lowest BCUT2D eigenvalue weighted by atomic mass is 10.2. The van der Waals surface area contributed by atoms with Gasteiger partial charge in [-0.3, -0.25) is 9.80 Å². The number of tetrazole rings is 1. The third-order valence-corrected chi connectivity index (χ3v) is 6.08. The van der Waals surface area contributed by atoms with E-state index in [1.165, 1.54) is 5.56 Å². The predicted octanol–water partition coefficient (Wildman–Crippen LogP) is 3.54. The molecule has 5 rings (SSSR count). The molecule has 0 radical (unpaired) electrons. The molecule has 158 valence electrons. The summed E-state index contributed by atoms with van der Waals surface area (Å²) >= 11 is 0. The van der Waals surface area contributed by atoms with Crippen molar-refractivity contribution in [2.75, 3.05) is 32.7 Å². The van der Waals surface area contributed by atoms with Crippen LogP contribution in [-0.2, 0) is 0 Å². The zero-order valence-electron chi connectivity index (χ0n) is 17.7. The van der Waals surface area contributed by atoms with Crippen molar-refractivity contribution >= 4 is 17.0 Å². The van der Waals surface area contributed by atoms with Gasteiger partial charge in [-0.2, -0.15) is 4.68 Å².